The maximum atomic E-state index is 12.0. The number of nitrogens with one attached hydrogen (secondary N) is 1. The number of ether oxygens (including phenoxy) is 1. The first kappa shape index (κ1) is 15.7. The number of aryl methyl sites for hydroxylation is 1. The molecule has 0 aliphatic heterocycles. The predicted molar refractivity (Wildman–Crippen MR) is 90.1 cm³/mol. The lowest BCUT2D eigenvalue weighted by atomic mass is 10.1. The first-order chi connectivity index (χ1) is 11.1. The fourth-order valence-corrected chi connectivity index (χ4v) is 3.23. The van der Waals surface area contributed by atoms with E-state index in [-0.39, 0.29) is 18.6 Å². The molecule has 2 aromatic carbocycles. The second kappa shape index (κ2) is 6.96. The summed E-state index contributed by atoms with van der Waals surface area (Å²) in [5.41, 5.74) is 2.83. The summed E-state index contributed by atoms with van der Waals surface area (Å²) in [7, 11) is 0. The SMILES string of the molecule is O=C(COC(=O)c1ccccc1Br)NC1CCc2ccccc21. The van der Waals surface area contributed by atoms with E-state index in [4.69, 9.17) is 4.74 Å². The molecule has 0 fully saturated rings. The van der Waals surface area contributed by atoms with Crippen molar-refractivity contribution in [3.05, 3.63) is 69.7 Å². The molecule has 1 atom stereocenters. The second-order valence-corrected chi connectivity index (χ2v) is 6.27. The molecular weight excluding hydrogens is 358 g/mol. The number of hydrogen-bond donors (Lipinski definition) is 1. The smallest absolute Gasteiger partial charge is 0.339 e. The molecule has 1 aliphatic rings. The van der Waals surface area contributed by atoms with Crippen molar-refractivity contribution >= 4 is 27.8 Å². The fraction of sp³-hybridized carbons (Fsp3) is 0.222. The Morgan fingerprint density at radius 2 is 1.87 bits per heavy atom. The Hall–Kier alpha value is -2.14. The number of carbonyl (C=O) groups is 2. The Bertz CT molecular complexity index is 745. The first-order valence-electron chi connectivity index (χ1n) is 7.44. The number of carbonyl (C=O) groups excluding carboxylic acids is 2. The van der Waals surface area contributed by atoms with Crippen molar-refractivity contribution in [2.45, 2.75) is 18.9 Å². The van der Waals surface area contributed by atoms with Gasteiger partial charge >= 0.3 is 5.97 Å². The summed E-state index contributed by atoms with van der Waals surface area (Å²) in [6.45, 7) is -0.279. The highest BCUT2D eigenvalue weighted by molar-refractivity contribution is 9.10. The van der Waals surface area contributed by atoms with Gasteiger partial charge in [0.1, 0.15) is 0 Å². The first-order valence-corrected chi connectivity index (χ1v) is 8.23. The maximum absolute atomic E-state index is 12.0. The van der Waals surface area contributed by atoms with Crippen LogP contribution >= 0.6 is 15.9 Å². The molecule has 0 bridgehead atoms. The highest BCUT2D eigenvalue weighted by Gasteiger charge is 2.23. The van der Waals surface area contributed by atoms with Gasteiger partial charge in [-0.15, -0.1) is 0 Å². The van der Waals surface area contributed by atoms with E-state index in [0.29, 0.717) is 10.0 Å². The standard InChI is InChI=1S/C18H16BrNO3/c19-15-8-4-3-7-14(15)18(22)23-11-17(21)20-16-10-9-12-5-1-2-6-13(12)16/h1-8,16H,9-11H2,(H,20,21). The monoisotopic (exact) mass is 373 g/mol. The minimum atomic E-state index is -0.514. The lowest BCUT2D eigenvalue weighted by Crippen LogP contribution is -2.31. The van der Waals surface area contributed by atoms with Crippen molar-refractivity contribution < 1.29 is 14.3 Å². The molecular formula is C18H16BrNO3. The average molecular weight is 374 g/mol. The number of fused-ring (bicyclic) bond motifs is 1. The van der Waals surface area contributed by atoms with Gasteiger partial charge < -0.3 is 10.1 Å². The molecule has 1 unspecified atom stereocenters. The van der Waals surface area contributed by atoms with Crippen LogP contribution in [0.2, 0.25) is 0 Å². The van der Waals surface area contributed by atoms with Crippen LogP contribution in [0.5, 0.6) is 0 Å². The van der Waals surface area contributed by atoms with Crippen LogP contribution in [0, 0.1) is 0 Å². The fourth-order valence-electron chi connectivity index (χ4n) is 2.78. The lowest BCUT2D eigenvalue weighted by Gasteiger charge is -2.14. The molecule has 0 radical (unpaired) electrons. The van der Waals surface area contributed by atoms with Crippen LogP contribution in [0.3, 0.4) is 0 Å². The molecule has 2 aromatic rings. The van der Waals surface area contributed by atoms with Gasteiger partial charge in [-0.2, -0.15) is 0 Å². The van der Waals surface area contributed by atoms with E-state index in [1.54, 1.807) is 18.2 Å². The molecule has 0 saturated carbocycles. The Balaban J connectivity index is 1.55. The number of halogens is 1. The van der Waals surface area contributed by atoms with E-state index in [9.17, 15) is 9.59 Å². The van der Waals surface area contributed by atoms with Crippen molar-refractivity contribution in [1.29, 1.82) is 0 Å². The van der Waals surface area contributed by atoms with Crippen molar-refractivity contribution in [2.24, 2.45) is 0 Å². The molecule has 4 nitrogen and oxygen atoms in total. The summed E-state index contributed by atoms with van der Waals surface area (Å²) >= 11 is 3.29. The van der Waals surface area contributed by atoms with Crippen molar-refractivity contribution in [1.82, 2.24) is 5.32 Å². The van der Waals surface area contributed by atoms with Gasteiger partial charge in [0.05, 0.1) is 11.6 Å². The molecule has 118 valence electrons. The number of esters is 1. The topological polar surface area (TPSA) is 55.4 Å². The molecule has 0 spiro atoms. The zero-order valence-electron chi connectivity index (χ0n) is 12.4. The normalized spacial score (nSPS) is 15.8. The molecule has 3 rings (SSSR count). The second-order valence-electron chi connectivity index (χ2n) is 5.41. The van der Waals surface area contributed by atoms with E-state index in [1.807, 2.05) is 24.3 Å². The molecule has 0 heterocycles. The number of hydrogen-bond acceptors (Lipinski definition) is 3. The van der Waals surface area contributed by atoms with E-state index in [2.05, 4.69) is 27.3 Å². The van der Waals surface area contributed by atoms with Gasteiger partial charge in [-0.3, -0.25) is 4.79 Å². The average Bonchev–Trinajstić information content (AvgIpc) is 2.96. The van der Waals surface area contributed by atoms with Gasteiger partial charge in [-0.25, -0.2) is 4.79 Å². The summed E-state index contributed by atoms with van der Waals surface area (Å²) in [5, 5.41) is 2.93. The van der Waals surface area contributed by atoms with Crippen LogP contribution in [0.15, 0.2) is 53.0 Å². The van der Waals surface area contributed by atoms with Crippen LogP contribution in [-0.2, 0) is 16.0 Å². The van der Waals surface area contributed by atoms with Crippen LogP contribution in [0.4, 0.5) is 0 Å². The highest BCUT2D eigenvalue weighted by Crippen LogP contribution is 2.30. The Labute approximate surface area is 143 Å². The predicted octanol–water partition coefficient (Wildman–Crippen LogP) is 3.41. The van der Waals surface area contributed by atoms with Gasteiger partial charge in [0, 0.05) is 4.47 Å². The summed E-state index contributed by atoms with van der Waals surface area (Å²) < 4.78 is 5.74. The Morgan fingerprint density at radius 1 is 1.13 bits per heavy atom. The third-order valence-corrected chi connectivity index (χ3v) is 4.59. The van der Waals surface area contributed by atoms with Crippen molar-refractivity contribution in [3.8, 4) is 0 Å². The van der Waals surface area contributed by atoms with Gasteiger partial charge in [0.2, 0.25) is 0 Å². The van der Waals surface area contributed by atoms with Crippen molar-refractivity contribution in [3.63, 3.8) is 0 Å². The molecule has 1 amide bonds. The number of benzene rings is 2. The Morgan fingerprint density at radius 3 is 2.70 bits per heavy atom. The highest BCUT2D eigenvalue weighted by atomic mass is 79.9. The molecule has 1 N–H and O–H groups in total. The summed E-state index contributed by atoms with van der Waals surface area (Å²) in [6.07, 6.45) is 1.83. The van der Waals surface area contributed by atoms with E-state index < -0.39 is 5.97 Å². The van der Waals surface area contributed by atoms with Gasteiger partial charge in [-0.1, -0.05) is 36.4 Å². The molecule has 23 heavy (non-hydrogen) atoms. The number of rotatable bonds is 4. The maximum Gasteiger partial charge on any atom is 0.339 e. The van der Waals surface area contributed by atoms with Crippen LogP contribution in [0.25, 0.3) is 0 Å². The number of amides is 1. The van der Waals surface area contributed by atoms with Crippen LogP contribution in [-0.4, -0.2) is 18.5 Å². The molecule has 0 saturated heterocycles. The Kier molecular flexibility index (Phi) is 4.76. The molecule has 5 heteroatoms. The van der Waals surface area contributed by atoms with Crippen LogP contribution < -0.4 is 5.32 Å². The van der Waals surface area contributed by atoms with Crippen LogP contribution in [0.1, 0.15) is 33.9 Å². The van der Waals surface area contributed by atoms with Gasteiger partial charge in [0.25, 0.3) is 5.91 Å². The summed E-state index contributed by atoms with van der Waals surface area (Å²) in [5.74, 6) is -0.799. The van der Waals surface area contributed by atoms with E-state index >= 15 is 0 Å². The molecule has 0 aromatic heterocycles. The molecule has 1 aliphatic carbocycles. The summed E-state index contributed by atoms with van der Waals surface area (Å²) in [6, 6.07) is 15.0. The van der Waals surface area contributed by atoms with Gasteiger partial charge in [0.15, 0.2) is 6.61 Å². The van der Waals surface area contributed by atoms with Crippen molar-refractivity contribution in [2.75, 3.05) is 6.61 Å². The zero-order valence-corrected chi connectivity index (χ0v) is 14.0. The minimum absolute atomic E-state index is 0.000799. The minimum Gasteiger partial charge on any atom is -0.452 e. The third kappa shape index (κ3) is 3.62. The lowest BCUT2D eigenvalue weighted by molar-refractivity contribution is -0.125. The summed E-state index contributed by atoms with van der Waals surface area (Å²) in [4.78, 5) is 24.0. The van der Waals surface area contributed by atoms with E-state index in [0.717, 1.165) is 18.4 Å². The third-order valence-electron chi connectivity index (χ3n) is 3.90. The zero-order chi connectivity index (χ0) is 16.2. The van der Waals surface area contributed by atoms with Gasteiger partial charge in [-0.05, 0) is 52.0 Å². The quantitative estimate of drug-likeness (QED) is 0.835. The largest absolute Gasteiger partial charge is 0.452 e. The van der Waals surface area contributed by atoms with E-state index in [1.165, 1.54) is 5.56 Å².